The molecular formula is C16H13Li. The molecule has 2 aromatic rings. The number of fused-ring (bicyclic) bond motifs is 1. The Balaban J connectivity index is 2.25. The average Bonchev–Trinajstić information content (AvgIpc) is 2.72. The predicted molar refractivity (Wildman–Crippen MR) is 74.1 cm³/mol. The van der Waals surface area contributed by atoms with Crippen molar-refractivity contribution in [2.24, 2.45) is 0 Å². The topological polar surface area (TPSA) is 0 Å². The Morgan fingerprint density at radius 1 is 1.06 bits per heavy atom. The zero-order valence-corrected chi connectivity index (χ0v) is 10.3. The second-order valence-corrected chi connectivity index (χ2v) is 4.83. The molecule has 1 atom stereocenters. The van der Waals surface area contributed by atoms with Gasteiger partial charge >= 0.3 is 112 Å². The Kier molecular flexibility index (Phi) is 2.71. The van der Waals surface area contributed by atoms with E-state index < -0.39 is 0 Å². The van der Waals surface area contributed by atoms with E-state index in [1.807, 2.05) is 0 Å². The van der Waals surface area contributed by atoms with E-state index in [9.17, 15) is 0 Å². The molecule has 0 nitrogen and oxygen atoms in total. The van der Waals surface area contributed by atoms with Crippen LogP contribution in [0.15, 0.2) is 48.5 Å². The van der Waals surface area contributed by atoms with Crippen molar-refractivity contribution in [1.29, 1.82) is 0 Å². The third-order valence-electron chi connectivity index (χ3n) is 3.48. The van der Waals surface area contributed by atoms with E-state index >= 15 is 0 Å². The van der Waals surface area contributed by atoms with Crippen molar-refractivity contribution in [2.75, 3.05) is 0 Å². The van der Waals surface area contributed by atoms with Crippen LogP contribution in [0, 0.1) is 6.92 Å². The van der Waals surface area contributed by atoms with Gasteiger partial charge in [0.2, 0.25) is 0 Å². The minimum absolute atomic E-state index is 0.548. The van der Waals surface area contributed by atoms with E-state index in [1.165, 1.54) is 27.8 Å². The van der Waals surface area contributed by atoms with Crippen molar-refractivity contribution in [3.63, 3.8) is 0 Å². The Hall–Kier alpha value is -1.22. The van der Waals surface area contributed by atoms with E-state index in [2.05, 4.69) is 79.3 Å². The molecule has 0 aliphatic heterocycles. The number of hydrogen-bond acceptors (Lipinski definition) is 0. The van der Waals surface area contributed by atoms with Crippen LogP contribution in [0.25, 0.3) is 17.2 Å². The summed E-state index contributed by atoms with van der Waals surface area (Å²) in [5.41, 5.74) is 6.88. The first-order chi connectivity index (χ1) is 8.25. The molecule has 0 bridgehead atoms. The second kappa shape index (κ2) is 4.22. The summed E-state index contributed by atoms with van der Waals surface area (Å²) < 4.78 is 0.548. The Labute approximate surface area is 112 Å². The summed E-state index contributed by atoms with van der Waals surface area (Å²) in [7, 11) is 0. The maximum atomic E-state index is 2.31. The monoisotopic (exact) mass is 212 g/mol. The summed E-state index contributed by atoms with van der Waals surface area (Å²) in [6.45, 7) is 2.18. The van der Waals surface area contributed by atoms with Gasteiger partial charge in [-0.2, -0.15) is 0 Å². The molecule has 78 valence electrons. The van der Waals surface area contributed by atoms with Crippen molar-refractivity contribution < 1.29 is 0 Å². The number of hydrogen-bond donors (Lipinski definition) is 0. The first-order valence-corrected chi connectivity index (χ1v) is 6.14. The van der Waals surface area contributed by atoms with Crippen LogP contribution in [-0.4, -0.2) is 17.7 Å². The summed E-state index contributed by atoms with van der Waals surface area (Å²) in [5.74, 6) is 0. The molecule has 0 fully saturated rings. The number of aryl methyl sites for hydroxylation is 1. The molecule has 1 aliphatic carbocycles. The second-order valence-electron chi connectivity index (χ2n) is 4.83. The number of allylic oxidation sites excluding steroid dienone is 1. The zero-order valence-electron chi connectivity index (χ0n) is 10.3. The average molecular weight is 212 g/mol. The van der Waals surface area contributed by atoms with E-state index in [0.717, 1.165) is 0 Å². The van der Waals surface area contributed by atoms with Gasteiger partial charge in [-0.3, -0.25) is 0 Å². The summed E-state index contributed by atoms with van der Waals surface area (Å²) in [5, 5.41) is 0. The molecule has 0 saturated carbocycles. The molecule has 0 saturated heterocycles. The SMILES string of the molecule is [Li][CH]1C=Cc2c(-c3ccccc3)cc(C)cc21. The predicted octanol–water partition coefficient (Wildman–Crippen LogP) is 3.90. The standard InChI is InChI=1S/C16H13.Li/c1-12-10-14-8-5-9-15(14)16(11-12)13-6-3-2-4-7-13;/h2-11H,1H3;. The number of benzene rings is 2. The van der Waals surface area contributed by atoms with Crippen LogP contribution in [0.2, 0.25) is 0 Å². The van der Waals surface area contributed by atoms with Gasteiger partial charge in [0.1, 0.15) is 0 Å². The fourth-order valence-electron chi connectivity index (χ4n) is 2.59. The minimum atomic E-state index is 0.548. The molecule has 0 aromatic heterocycles. The van der Waals surface area contributed by atoms with E-state index in [0.29, 0.717) is 4.59 Å². The molecule has 17 heavy (non-hydrogen) atoms. The fraction of sp³-hybridized carbons (Fsp3) is 0.125. The van der Waals surface area contributed by atoms with E-state index in [4.69, 9.17) is 0 Å². The molecular weight excluding hydrogens is 199 g/mol. The van der Waals surface area contributed by atoms with Gasteiger partial charge in [0.05, 0.1) is 0 Å². The van der Waals surface area contributed by atoms with Crippen LogP contribution >= 0.6 is 0 Å². The summed E-state index contributed by atoms with van der Waals surface area (Å²) >= 11 is 2.26. The van der Waals surface area contributed by atoms with Crippen molar-refractivity contribution >= 4 is 23.8 Å². The van der Waals surface area contributed by atoms with Gasteiger partial charge in [-0.25, -0.2) is 0 Å². The van der Waals surface area contributed by atoms with Crippen LogP contribution in [0.3, 0.4) is 0 Å². The van der Waals surface area contributed by atoms with Gasteiger partial charge in [-0.05, 0) is 0 Å². The molecule has 1 heteroatoms. The zero-order chi connectivity index (χ0) is 11.8. The first-order valence-electron chi connectivity index (χ1n) is 6.14. The molecule has 0 amide bonds. The van der Waals surface area contributed by atoms with Crippen molar-refractivity contribution in [2.45, 2.75) is 11.5 Å². The fourth-order valence-corrected chi connectivity index (χ4v) is 2.59. The molecule has 0 spiro atoms. The molecule has 3 rings (SSSR count). The Morgan fingerprint density at radius 3 is 2.59 bits per heavy atom. The van der Waals surface area contributed by atoms with Gasteiger partial charge in [0.15, 0.2) is 0 Å². The third kappa shape index (κ3) is 1.88. The van der Waals surface area contributed by atoms with Crippen LogP contribution < -0.4 is 0 Å². The number of rotatable bonds is 1. The van der Waals surface area contributed by atoms with Crippen LogP contribution in [-0.2, 0) is 0 Å². The third-order valence-corrected chi connectivity index (χ3v) is 3.48. The molecule has 0 N–H and O–H groups in total. The quantitative estimate of drug-likeness (QED) is 0.629. The molecule has 0 radical (unpaired) electrons. The van der Waals surface area contributed by atoms with Crippen molar-refractivity contribution in [3.05, 3.63) is 65.2 Å². The van der Waals surface area contributed by atoms with E-state index in [-0.39, 0.29) is 0 Å². The van der Waals surface area contributed by atoms with E-state index in [1.54, 1.807) is 0 Å². The maximum absolute atomic E-state index is 2.31. The Bertz CT molecular complexity index is 582. The van der Waals surface area contributed by atoms with Gasteiger partial charge < -0.3 is 0 Å². The molecule has 1 aliphatic rings. The van der Waals surface area contributed by atoms with Gasteiger partial charge in [-0.1, -0.05) is 0 Å². The van der Waals surface area contributed by atoms with Crippen molar-refractivity contribution in [1.82, 2.24) is 0 Å². The van der Waals surface area contributed by atoms with Crippen LogP contribution in [0.1, 0.15) is 21.3 Å². The van der Waals surface area contributed by atoms with Crippen molar-refractivity contribution in [3.8, 4) is 11.1 Å². The molecule has 2 aromatic carbocycles. The molecule has 1 unspecified atom stereocenters. The molecule has 0 heterocycles. The van der Waals surface area contributed by atoms with Gasteiger partial charge in [0.25, 0.3) is 0 Å². The Morgan fingerprint density at radius 2 is 1.82 bits per heavy atom. The van der Waals surface area contributed by atoms with Crippen LogP contribution in [0.5, 0.6) is 0 Å². The summed E-state index contributed by atoms with van der Waals surface area (Å²) in [6.07, 6.45) is 4.55. The summed E-state index contributed by atoms with van der Waals surface area (Å²) in [4.78, 5) is 0. The summed E-state index contributed by atoms with van der Waals surface area (Å²) in [6, 6.07) is 15.2. The first kappa shape index (κ1) is 10.9. The van der Waals surface area contributed by atoms with Gasteiger partial charge in [0, 0.05) is 0 Å². The normalized spacial score (nSPS) is 17.2. The van der Waals surface area contributed by atoms with Crippen LogP contribution in [0.4, 0.5) is 0 Å². The van der Waals surface area contributed by atoms with Gasteiger partial charge in [-0.15, -0.1) is 0 Å².